The molecule has 42 heavy (non-hydrogen) atoms. The Hall–Kier alpha value is -4.17. The third kappa shape index (κ3) is 6.65. The molecular formula is C28H29F3N4O7. The Kier molecular flexibility index (Phi) is 8.64. The summed E-state index contributed by atoms with van der Waals surface area (Å²) < 4.78 is 52.1. The first-order valence-corrected chi connectivity index (χ1v) is 13.5. The molecule has 2 aromatic rings. The number of carbonyl (C=O) groups excluding carboxylic acids is 4. The van der Waals surface area contributed by atoms with Crippen LogP contribution in [-0.2, 0) is 19.1 Å². The van der Waals surface area contributed by atoms with Gasteiger partial charge in [-0.15, -0.1) is 0 Å². The fourth-order valence-corrected chi connectivity index (χ4v) is 5.16. The number of amides is 3. The minimum absolute atomic E-state index is 0.00517. The van der Waals surface area contributed by atoms with Gasteiger partial charge in [0.25, 0.3) is 5.91 Å². The van der Waals surface area contributed by atoms with E-state index in [4.69, 9.17) is 9.47 Å². The van der Waals surface area contributed by atoms with E-state index in [0.717, 1.165) is 18.8 Å². The van der Waals surface area contributed by atoms with E-state index in [2.05, 4.69) is 10.1 Å². The Morgan fingerprint density at radius 3 is 2.36 bits per heavy atom. The summed E-state index contributed by atoms with van der Waals surface area (Å²) in [5, 5.41) is 3.31. The molecule has 3 aliphatic rings. The Labute approximate surface area is 239 Å². The van der Waals surface area contributed by atoms with Crippen LogP contribution < -0.4 is 15.0 Å². The Morgan fingerprint density at radius 1 is 1.00 bits per heavy atom. The number of alkyl halides is 3. The van der Waals surface area contributed by atoms with Crippen LogP contribution in [0.3, 0.4) is 0 Å². The number of nitrogens with one attached hydrogen (secondary N) is 1. The smallest absolute Gasteiger partial charge is 0.457 e. The molecule has 3 fully saturated rings. The van der Waals surface area contributed by atoms with E-state index in [1.165, 1.54) is 4.90 Å². The highest BCUT2D eigenvalue weighted by Gasteiger charge is 2.42. The lowest BCUT2D eigenvalue weighted by atomic mass is 10.1. The number of anilines is 1. The quantitative estimate of drug-likeness (QED) is 0.387. The second kappa shape index (κ2) is 12.4. The van der Waals surface area contributed by atoms with Crippen LogP contribution in [-0.4, -0.2) is 97.9 Å². The number of urea groups is 1. The molecule has 14 heteroatoms. The number of morpholine rings is 1. The summed E-state index contributed by atoms with van der Waals surface area (Å²) >= 11 is 0. The van der Waals surface area contributed by atoms with Gasteiger partial charge in [0.05, 0.1) is 25.3 Å². The van der Waals surface area contributed by atoms with Gasteiger partial charge in [-0.25, -0.2) is 9.59 Å². The summed E-state index contributed by atoms with van der Waals surface area (Å²) in [6, 6.07) is 13.2. The van der Waals surface area contributed by atoms with Crippen LogP contribution in [0, 0.1) is 0 Å². The third-order valence-corrected chi connectivity index (χ3v) is 7.31. The Bertz CT molecular complexity index is 1320. The zero-order valence-corrected chi connectivity index (χ0v) is 22.5. The lowest BCUT2D eigenvalue weighted by Crippen LogP contribution is -2.49. The zero-order valence-electron chi connectivity index (χ0n) is 22.5. The zero-order chi connectivity index (χ0) is 29.9. The number of rotatable bonds is 7. The number of esters is 2. The van der Waals surface area contributed by atoms with Gasteiger partial charge in [-0.1, -0.05) is 0 Å². The monoisotopic (exact) mass is 590 g/mol. The fraction of sp³-hybridized carbons (Fsp3) is 0.429. The van der Waals surface area contributed by atoms with Crippen molar-refractivity contribution < 1.29 is 46.6 Å². The van der Waals surface area contributed by atoms with Gasteiger partial charge in [0, 0.05) is 50.4 Å². The molecule has 3 amide bonds. The number of piperazine rings is 1. The summed E-state index contributed by atoms with van der Waals surface area (Å²) in [5.41, 5.74) is 1.13. The Balaban J connectivity index is 1.16. The molecule has 0 unspecified atom stereocenters. The predicted octanol–water partition coefficient (Wildman–Crippen LogP) is 2.95. The number of hydrogen-bond donors (Lipinski definition) is 1. The maximum absolute atomic E-state index is 13.2. The molecule has 0 aromatic heterocycles. The lowest BCUT2D eigenvalue weighted by Gasteiger charge is -2.35. The molecule has 2 atom stereocenters. The Morgan fingerprint density at radius 2 is 1.69 bits per heavy atom. The van der Waals surface area contributed by atoms with Gasteiger partial charge in [0.15, 0.2) is 0 Å². The normalized spacial score (nSPS) is 20.7. The molecule has 0 aliphatic carbocycles. The molecule has 0 bridgehead atoms. The van der Waals surface area contributed by atoms with Gasteiger partial charge in [-0.05, 0) is 55.0 Å². The molecule has 3 heterocycles. The van der Waals surface area contributed by atoms with Crippen molar-refractivity contribution >= 4 is 29.6 Å². The van der Waals surface area contributed by atoms with Crippen LogP contribution >= 0.6 is 0 Å². The molecular weight excluding hydrogens is 561 g/mol. The maximum Gasteiger partial charge on any atom is 0.491 e. The summed E-state index contributed by atoms with van der Waals surface area (Å²) in [5.74, 6) is -3.22. The standard InChI is InChI=1S/C28H29F3N4O7/c29-28(30,31)26(38)42-24(36)10-5-20-17-40-14-13-33(20)25(37)18-1-6-22(7-2-18)41-23-8-3-19(4-9-23)35-16-21-15-32-11-12-34(21)27(35)39/h1-4,6-9,20-21,32H,5,10-17H2/t20-,21-/m0/s1. The van der Waals surface area contributed by atoms with Crippen molar-refractivity contribution in [3.63, 3.8) is 0 Å². The van der Waals surface area contributed by atoms with E-state index in [9.17, 15) is 32.3 Å². The van der Waals surface area contributed by atoms with Crippen molar-refractivity contribution in [1.82, 2.24) is 15.1 Å². The van der Waals surface area contributed by atoms with Crippen molar-refractivity contribution in [1.29, 1.82) is 0 Å². The van der Waals surface area contributed by atoms with Crippen LogP contribution in [0.25, 0.3) is 0 Å². The average Bonchev–Trinajstić information content (AvgIpc) is 3.32. The van der Waals surface area contributed by atoms with Gasteiger partial charge in [-0.2, -0.15) is 13.2 Å². The molecule has 3 saturated heterocycles. The van der Waals surface area contributed by atoms with E-state index < -0.39 is 30.6 Å². The van der Waals surface area contributed by atoms with Crippen LogP contribution in [0.1, 0.15) is 23.2 Å². The highest BCUT2D eigenvalue weighted by molar-refractivity contribution is 5.95. The largest absolute Gasteiger partial charge is 0.491 e. The van der Waals surface area contributed by atoms with Crippen LogP contribution in [0.15, 0.2) is 48.5 Å². The van der Waals surface area contributed by atoms with Gasteiger partial charge in [0.2, 0.25) is 0 Å². The molecule has 0 spiro atoms. The third-order valence-electron chi connectivity index (χ3n) is 7.31. The fourth-order valence-electron chi connectivity index (χ4n) is 5.16. The molecule has 11 nitrogen and oxygen atoms in total. The van der Waals surface area contributed by atoms with Gasteiger partial charge >= 0.3 is 24.1 Å². The average molecular weight is 591 g/mol. The molecule has 1 N–H and O–H groups in total. The van der Waals surface area contributed by atoms with Crippen LogP contribution in [0.2, 0.25) is 0 Å². The second-order valence-corrected chi connectivity index (χ2v) is 10.1. The number of benzene rings is 2. The minimum atomic E-state index is -5.27. The highest BCUT2D eigenvalue weighted by Crippen LogP contribution is 2.29. The van der Waals surface area contributed by atoms with Crippen molar-refractivity contribution in [3.8, 4) is 11.5 Å². The second-order valence-electron chi connectivity index (χ2n) is 10.1. The van der Waals surface area contributed by atoms with E-state index >= 15 is 0 Å². The maximum atomic E-state index is 13.2. The summed E-state index contributed by atoms with van der Waals surface area (Å²) in [7, 11) is 0. The predicted molar refractivity (Wildman–Crippen MR) is 141 cm³/mol. The van der Waals surface area contributed by atoms with Gasteiger partial charge in [-0.3, -0.25) is 14.5 Å². The first-order valence-electron chi connectivity index (χ1n) is 13.5. The van der Waals surface area contributed by atoms with E-state index in [0.29, 0.717) is 30.2 Å². The molecule has 0 saturated carbocycles. The molecule has 0 radical (unpaired) electrons. The van der Waals surface area contributed by atoms with Crippen molar-refractivity contribution in [3.05, 3.63) is 54.1 Å². The lowest BCUT2D eigenvalue weighted by molar-refractivity contribution is -0.202. The summed E-state index contributed by atoms with van der Waals surface area (Å²) in [6.07, 6.45) is -5.80. The number of carbonyl (C=O) groups is 4. The van der Waals surface area contributed by atoms with E-state index in [1.54, 1.807) is 41.3 Å². The van der Waals surface area contributed by atoms with Crippen LogP contribution in [0.5, 0.6) is 11.5 Å². The number of nitrogens with zero attached hydrogens (tertiary/aromatic N) is 3. The van der Waals surface area contributed by atoms with Crippen molar-refractivity contribution in [2.24, 2.45) is 0 Å². The molecule has 2 aromatic carbocycles. The van der Waals surface area contributed by atoms with E-state index in [1.807, 2.05) is 17.0 Å². The first-order chi connectivity index (χ1) is 20.1. The molecule has 224 valence electrons. The SMILES string of the molecule is O=C(CC[C@H]1COCCN1C(=O)c1ccc(Oc2ccc(N3C[C@@H]4CNCCN4C3=O)cc2)cc1)OC(=O)C(F)(F)F. The minimum Gasteiger partial charge on any atom is -0.457 e. The highest BCUT2D eigenvalue weighted by atomic mass is 19.4. The number of hydrogen-bond acceptors (Lipinski definition) is 8. The van der Waals surface area contributed by atoms with Gasteiger partial charge < -0.3 is 29.3 Å². The van der Waals surface area contributed by atoms with Crippen molar-refractivity contribution in [2.75, 3.05) is 50.8 Å². The van der Waals surface area contributed by atoms with E-state index in [-0.39, 0.29) is 44.2 Å². The number of halogens is 3. The molecule has 5 rings (SSSR count). The molecule has 3 aliphatic heterocycles. The van der Waals surface area contributed by atoms with Gasteiger partial charge in [0.1, 0.15) is 11.5 Å². The van der Waals surface area contributed by atoms with Crippen molar-refractivity contribution in [2.45, 2.75) is 31.1 Å². The van der Waals surface area contributed by atoms with Crippen LogP contribution in [0.4, 0.5) is 23.7 Å². The topological polar surface area (TPSA) is 118 Å². The number of fused-ring (bicyclic) bond motifs is 1. The summed E-state index contributed by atoms with van der Waals surface area (Å²) in [6.45, 7) is 3.43. The number of ether oxygens (including phenoxy) is 3. The first kappa shape index (κ1) is 29.3. The summed E-state index contributed by atoms with van der Waals surface area (Å²) in [4.78, 5) is 53.6.